The van der Waals surface area contributed by atoms with Gasteiger partial charge in [0.15, 0.2) is 0 Å². The molecule has 1 aliphatic carbocycles. The lowest BCUT2D eigenvalue weighted by atomic mass is 10.00. The van der Waals surface area contributed by atoms with Gasteiger partial charge in [0.05, 0.1) is 23.0 Å². The summed E-state index contributed by atoms with van der Waals surface area (Å²) in [4.78, 5) is 18.0. The van der Waals surface area contributed by atoms with Crippen molar-refractivity contribution in [3.05, 3.63) is 70.3 Å². The lowest BCUT2D eigenvalue weighted by Gasteiger charge is -2.11. The van der Waals surface area contributed by atoms with E-state index < -0.39 is 0 Å². The molecule has 0 unspecified atom stereocenters. The molecule has 28 heavy (non-hydrogen) atoms. The Bertz CT molecular complexity index is 1220. The number of hydrogen-bond donors (Lipinski definition) is 1. The third kappa shape index (κ3) is 2.90. The van der Waals surface area contributed by atoms with E-state index in [1.165, 1.54) is 11.3 Å². The monoisotopic (exact) mass is 388 g/mol. The van der Waals surface area contributed by atoms with Crippen LogP contribution in [0.1, 0.15) is 38.8 Å². The smallest absolute Gasteiger partial charge is 0.258 e. The van der Waals surface area contributed by atoms with Gasteiger partial charge in [-0.2, -0.15) is 0 Å². The molecule has 0 atom stereocenters. The average molecular weight is 388 g/mol. The summed E-state index contributed by atoms with van der Waals surface area (Å²) in [5, 5.41) is 13.0. The van der Waals surface area contributed by atoms with Crippen molar-refractivity contribution in [3.8, 4) is 0 Å². The van der Waals surface area contributed by atoms with Crippen molar-refractivity contribution < 1.29 is 9.21 Å². The molecule has 1 aliphatic rings. The molecule has 3 aromatic heterocycles. The van der Waals surface area contributed by atoms with Crippen molar-refractivity contribution in [2.75, 3.05) is 5.32 Å². The second-order valence-electron chi connectivity index (χ2n) is 6.60. The van der Waals surface area contributed by atoms with Crippen molar-refractivity contribution in [1.29, 1.82) is 0 Å². The van der Waals surface area contributed by atoms with Gasteiger partial charge in [-0.05, 0) is 55.2 Å². The van der Waals surface area contributed by atoms with Crippen molar-refractivity contribution in [2.24, 2.45) is 0 Å². The van der Waals surface area contributed by atoms with Gasteiger partial charge in [-0.3, -0.25) is 10.1 Å². The molecule has 138 valence electrons. The molecule has 0 radical (unpaired) electrons. The molecule has 6 nitrogen and oxygen atoms in total. The van der Waals surface area contributed by atoms with E-state index in [1.54, 1.807) is 6.26 Å². The van der Waals surface area contributed by atoms with Crippen molar-refractivity contribution >= 4 is 44.9 Å². The van der Waals surface area contributed by atoms with Gasteiger partial charge in [-0.25, -0.2) is 4.98 Å². The van der Waals surface area contributed by atoms with Gasteiger partial charge in [0.2, 0.25) is 5.13 Å². The summed E-state index contributed by atoms with van der Waals surface area (Å²) in [7, 11) is 0. The van der Waals surface area contributed by atoms with Crippen LogP contribution in [0.3, 0.4) is 0 Å². The van der Waals surface area contributed by atoms with E-state index in [2.05, 4.69) is 15.5 Å². The van der Waals surface area contributed by atoms with Crippen LogP contribution in [0.15, 0.2) is 47.1 Å². The molecule has 0 saturated heterocycles. The molecule has 0 aliphatic heterocycles. The molecular weight excluding hydrogens is 372 g/mol. The lowest BCUT2D eigenvalue weighted by Crippen LogP contribution is -2.15. The number of hydrogen-bond acceptors (Lipinski definition) is 6. The zero-order chi connectivity index (χ0) is 19.1. The first-order chi connectivity index (χ1) is 13.7. The predicted octanol–water partition coefficient (Wildman–Crippen LogP) is 4.73. The van der Waals surface area contributed by atoms with Crippen LogP contribution in [0, 0.1) is 6.92 Å². The SMILES string of the molecule is Cc1nnc(NC(=O)c2c3c(nc4ccccc24)C(=Cc2ccco2)CC3)s1. The minimum absolute atomic E-state index is 0.176. The van der Waals surface area contributed by atoms with Crippen LogP contribution in [0.25, 0.3) is 22.6 Å². The standard InChI is InChI=1S/C21H16N4O2S/c1-12-24-25-21(28-12)23-20(26)18-15-6-2-3-7-17(15)22-19-13(8-9-16(18)19)11-14-5-4-10-27-14/h2-7,10-11H,8-9H2,1H3,(H,23,25,26). The van der Waals surface area contributed by atoms with Gasteiger partial charge >= 0.3 is 0 Å². The summed E-state index contributed by atoms with van der Waals surface area (Å²) in [5.74, 6) is 0.610. The first-order valence-corrected chi connectivity index (χ1v) is 9.78. The zero-order valence-corrected chi connectivity index (χ0v) is 15.9. The molecule has 0 saturated carbocycles. The van der Waals surface area contributed by atoms with Crippen LogP contribution in [0.2, 0.25) is 0 Å². The van der Waals surface area contributed by atoms with Crippen LogP contribution in [0.4, 0.5) is 5.13 Å². The number of carbonyl (C=O) groups is 1. The van der Waals surface area contributed by atoms with E-state index in [-0.39, 0.29) is 5.91 Å². The highest BCUT2D eigenvalue weighted by Gasteiger charge is 2.27. The Hall–Kier alpha value is -3.32. The van der Waals surface area contributed by atoms with Crippen LogP contribution in [0.5, 0.6) is 0 Å². The number of nitrogens with zero attached hydrogens (tertiary/aromatic N) is 3. The Morgan fingerprint density at radius 3 is 2.86 bits per heavy atom. The summed E-state index contributed by atoms with van der Waals surface area (Å²) < 4.78 is 5.46. The van der Waals surface area contributed by atoms with E-state index >= 15 is 0 Å². The fourth-order valence-corrected chi connectivity index (χ4v) is 4.18. The molecule has 0 spiro atoms. The normalized spacial score (nSPS) is 14.5. The summed E-state index contributed by atoms with van der Waals surface area (Å²) in [6.07, 6.45) is 5.23. The highest BCUT2D eigenvalue weighted by Crippen LogP contribution is 2.37. The number of anilines is 1. The van der Waals surface area contributed by atoms with Gasteiger partial charge in [-0.15, -0.1) is 10.2 Å². The Morgan fingerprint density at radius 2 is 2.07 bits per heavy atom. The number of aryl methyl sites for hydroxylation is 1. The van der Waals surface area contributed by atoms with E-state index in [1.807, 2.05) is 49.4 Å². The van der Waals surface area contributed by atoms with Crippen LogP contribution in [-0.2, 0) is 6.42 Å². The number of para-hydroxylation sites is 1. The van der Waals surface area contributed by atoms with E-state index in [4.69, 9.17) is 9.40 Å². The number of furan rings is 1. The van der Waals surface area contributed by atoms with Crippen molar-refractivity contribution in [2.45, 2.75) is 19.8 Å². The van der Waals surface area contributed by atoms with Gasteiger partial charge in [-0.1, -0.05) is 29.5 Å². The highest BCUT2D eigenvalue weighted by molar-refractivity contribution is 7.15. The van der Waals surface area contributed by atoms with Crippen LogP contribution >= 0.6 is 11.3 Å². The fraction of sp³-hybridized carbons (Fsp3) is 0.143. The largest absolute Gasteiger partial charge is 0.465 e. The average Bonchev–Trinajstić information content (AvgIpc) is 3.43. The highest BCUT2D eigenvalue weighted by atomic mass is 32.1. The number of rotatable bonds is 3. The van der Waals surface area contributed by atoms with Crippen molar-refractivity contribution in [3.63, 3.8) is 0 Å². The Labute approximate surface area is 164 Å². The minimum Gasteiger partial charge on any atom is -0.465 e. The van der Waals surface area contributed by atoms with Crippen molar-refractivity contribution in [1.82, 2.24) is 15.2 Å². The maximum absolute atomic E-state index is 13.2. The number of pyridine rings is 1. The molecule has 5 rings (SSSR count). The first kappa shape index (κ1) is 16.8. The van der Waals surface area contributed by atoms with E-state index in [9.17, 15) is 4.79 Å². The van der Waals surface area contributed by atoms with Gasteiger partial charge in [0.1, 0.15) is 10.8 Å². The molecule has 1 aromatic carbocycles. The number of amides is 1. The number of nitrogens with one attached hydrogen (secondary N) is 1. The summed E-state index contributed by atoms with van der Waals surface area (Å²) >= 11 is 1.36. The fourth-order valence-electron chi connectivity index (χ4n) is 3.59. The maximum atomic E-state index is 13.2. The first-order valence-electron chi connectivity index (χ1n) is 8.96. The number of allylic oxidation sites excluding steroid dienone is 1. The topological polar surface area (TPSA) is 80.9 Å². The van der Waals surface area contributed by atoms with Crippen LogP contribution < -0.4 is 5.32 Å². The lowest BCUT2D eigenvalue weighted by molar-refractivity contribution is 0.102. The molecule has 1 amide bonds. The minimum atomic E-state index is -0.176. The molecule has 3 heterocycles. The summed E-state index contributed by atoms with van der Waals surface area (Å²) in [6, 6.07) is 11.5. The molecule has 4 aromatic rings. The quantitative estimate of drug-likeness (QED) is 0.549. The molecule has 0 fully saturated rings. The molecule has 1 N–H and O–H groups in total. The Kier molecular flexibility index (Phi) is 4.02. The number of benzene rings is 1. The third-order valence-corrected chi connectivity index (χ3v) is 5.53. The number of fused-ring (bicyclic) bond motifs is 2. The third-order valence-electron chi connectivity index (χ3n) is 4.77. The van der Waals surface area contributed by atoms with Gasteiger partial charge in [0.25, 0.3) is 5.91 Å². The summed E-state index contributed by atoms with van der Waals surface area (Å²) in [6.45, 7) is 1.86. The molecule has 7 heteroatoms. The number of aromatic nitrogens is 3. The Morgan fingerprint density at radius 1 is 1.18 bits per heavy atom. The zero-order valence-electron chi connectivity index (χ0n) is 15.1. The van der Waals surface area contributed by atoms with E-state index in [0.29, 0.717) is 10.7 Å². The molecular formula is C21H16N4O2S. The van der Waals surface area contributed by atoms with Gasteiger partial charge in [0, 0.05) is 5.39 Å². The second-order valence-corrected chi connectivity index (χ2v) is 7.78. The Balaban J connectivity index is 1.65. The second kappa shape index (κ2) is 6.69. The predicted molar refractivity (Wildman–Crippen MR) is 109 cm³/mol. The van der Waals surface area contributed by atoms with E-state index in [0.717, 1.165) is 51.3 Å². The van der Waals surface area contributed by atoms with Gasteiger partial charge < -0.3 is 4.42 Å². The molecule has 0 bridgehead atoms. The van der Waals surface area contributed by atoms with Crippen LogP contribution in [-0.4, -0.2) is 21.1 Å². The maximum Gasteiger partial charge on any atom is 0.258 e. The summed E-state index contributed by atoms with van der Waals surface area (Å²) in [5.41, 5.74) is 4.38. The number of carbonyl (C=O) groups excluding carboxylic acids is 1.